The zero-order valence-electron chi connectivity index (χ0n) is 16.0. The van der Waals surface area contributed by atoms with E-state index < -0.39 is 0 Å². The first-order chi connectivity index (χ1) is 14.2. The van der Waals surface area contributed by atoms with E-state index in [4.69, 9.17) is 4.52 Å². The minimum Gasteiger partial charge on any atom is -0.361 e. The minimum absolute atomic E-state index is 0.130. The molecule has 146 valence electrons. The van der Waals surface area contributed by atoms with E-state index >= 15 is 0 Å². The highest BCUT2D eigenvalue weighted by Gasteiger charge is 2.28. The molecule has 0 unspecified atom stereocenters. The molecule has 8 heteroatoms. The molecule has 4 heterocycles. The maximum Gasteiger partial charge on any atom is 0.255 e. The maximum atomic E-state index is 12.8. The van der Waals surface area contributed by atoms with Gasteiger partial charge in [-0.3, -0.25) is 9.78 Å². The topological polar surface area (TPSA) is 89.9 Å². The van der Waals surface area contributed by atoms with Crippen molar-refractivity contribution in [3.8, 4) is 0 Å². The summed E-state index contributed by atoms with van der Waals surface area (Å²) in [6, 6.07) is 9.51. The first kappa shape index (κ1) is 17.5. The third kappa shape index (κ3) is 3.61. The van der Waals surface area contributed by atoms with Crippen LogP contribution in [0.15, 0.2) is 53.6 Å². The second kappa shape index (κ2) is 7.12. The van der Waals surface area contributed by atoms with Crippen molar-refractivity contribution in [1.29, 1.82) is 0 Å². The molecule has 0 N–H and O–H groups in total. The number of pyridine rings is 2. The number of carbonyl (C=O) groups is 1. The van der Waals surface area contributed by atoms with Crippen LogP contribution in [0.2, 0.25) is 0 Å². The number of rotatable bonds is 6. The molecule has 1 saturated carbocycles. The van der Waals surface area contributed by atoms with Gasteiger partial charge in [-0.05, 0) is 31.0 Å². The van der Waals surface area contributed by atoms with Gasteiger partial charge in [0.25, 0.3) is 5.91 Å². The number of hydrogen-bond acceptors (Lipinski definition) is 6. The molecule has 4 aromatic rings. The molecule has 0 aliphatic heterocycles. The third-order valence-electron chi connectivity index (χ3n) is 5.06. The lowest BCUT2D eigenvalue weighted by molar-refractivity contribution is 0.0782. The first-order valence-electron chi connectivity index (χ1n) is 9.59. The van der Waals surface area contributed by atoms with E-state index in [1.54, 1.807) is 36.7 Å². The number of fused-ring (bicyclic) bond motifs is 1. The van der Waals surface area contributed by atoms with E-state index in [-0.39, 0.29) is 5.91 Å². The molecule has 5 rings (SSSR count). The van der Waals surface area contributed by atoms with Gasteiger partial charge in [0.15, 0.2) is 5.65 Å². The Hall–Kier alpha value is -3.55. The van der Waals surface area contributed by atoms with Gasteiger partial charge in [-0.15, -0.1) is 0 Å². The van der Waals surface area contributed by atoms with Crippen molar-refractivity contribution in [3.05, 3.63) is 71.8 Å². The van der Waals surface area contributed by atoms with E-state index in [9.17, 15) is 4.79 Å². The Morgan fingerprint density at radius 2 is 2.10 bits per heavy atom. The number of amides is 1. The van der Waals surface area contributed by atoms with Gasteiger partial charge in [-0.1, -0.05) is 11.2 Å². The van der Waals surface area contributed by atoms with E-state index in [2.05, 4.69) is 20.1 Å². The Bertz CT molecular complexity index is 1160. The number of aromatic nitrogens is 5. The third-order valence-corrected chi connectivity index (χ3v) is 5.06. The fourth-order valence-electron chi connectivity index (χ4n) is 3.35. The average Bonchev–Trinajstić information content (AvgIpc) is 3.37. The molecular formula is C21H20N6O2. The molecule has 0 bridgehead atoms. The molecular weight excluding hydrogens is 368 g/mol. The first-order valence-corrected chi connectivity index (χ1v) is 9.59. The van der Waals surface area contributed by atoms with Crippen LogP contribution in [0.25, 0.3) is 11.2 Å². The SMILES string of the molecule is CN(Cc1cc(C2CC2)on1)C(=O)c1cnc2c(c1)ncn2Cc1ccccn1. The highest BCUT2D eigenvalue weighted by atomic mass is 16.5. The van der Waals surface area contributed by atoms with Gasteiger partial charge in [-0.2, -0.15) is 0 Å². The highest BCUT2D eigenvalue weighted by Crippen LogP contribution is 2.40. The van der Waals surface area contributed by atoms with Crippen LogP contribution in [0.3, 0.4) is 0 Å². The molecule has 0 aromatic carbocycles. The normalized spacial score (nSPS) is 13.7. The van der Waals surface area contributed by atoms with Crippen molar-refractivity contribution in [2.75, 3.05) is 7.05 Å². The van der Waals surface area contributed by atoms with Crippen LogP contribution in [0, 0.1) is 0 Å². The molecule has 1 fully saturated rings. The maximum absolute atomic E-state index is 12.8. The monoisotopic (exact) mass is 388 g/mol. The summed E-state index contributed by atoms with van der Waals surface area (Å²) in [4.78, 5) is 27.7. The van der Waals surface area contributed by atoms with Crippen molar-refractivity contribution in [3.63, 3.8) is 0 Å². The van der Waals surface area contributed by atoms with Crippen molar-refractivity contribution >= 4 is 17.1 Å². The van der Waals surface area contributed by atoms with Crippen molar-refractivity contribution < 1.29 is 9.32 Å². The number of hydrogen-bond donors (Lipinski definition) is 0. The Morgan fingerprint density at radius 1 is 1.21 bits per heavy atom. The fraction of sp³-hybridized carbons (Fsp3) is 0.286. The molecule has 8 nitrogen and oxygen atoms in total. The average molecular weight is 388 g/mol. The molecule has 29 heavy (non-hydrogen) atoms. The minimum atomic E-state index is -0.130. The Labute approximate surface area is 167 Å². The fourth-order valence-corrected chi connectivity index (χ4v) is 3.35. The van der Waals surface area contributed by atoms with Crippen LogP contribution < -0.4 is 0 Å². The smallest absolute Gasteiger partial charge is 0.255 e. The van der Waals surface area contributed by atoms with Crippen molar-refractivity contribution in [2.45, 2.75) is 31.8 Å². The quantitative estimate of drug-likeness (QED) is 0.504. The highest BCUT2D eigenvalue weighted by molar-refractivity contribution is 5.96. The Balaban J connectivity index is 1.32. The van der Waals surface area contributed by atoms with E-state index in [1.165, 1.54) is 0 Å². The zero-order valence-corrected chi connectivity index (χ0v) is 16.0. The van der Waals surface area contributed by atoms with Gasteiger partial charge >= 0.3 is 0 Å². The summed E-state index contributed by atoms with van der Waals surface area (Å²) < 4.78 is 7.29. The van der Waals surface area contributed by atoms with Crippen LogP contribution >= 0.6 is 0 Å². The number of nitrogens with zero attached hydrogens (tertiary/aromatic N) is 6. The summed E-state index contributed by atoms with van der Waals surface area (Å²) in [5.41, 5.74) is 3.58. The molecule has 0 spiro atoms. The van der Waals surface area contributed by atoms with Crippen molar-refractivity contribution in [1.82, 2.24) is 29.6 Å². The lowest BCUT2D eigenvalue weighted by atomic mass is 10.2. The molecule has 0 radical (unpaired) electrons. The lowest BCUT2D eigenvalue weighted by Crippen LogP contribution is -2.26. The summed E-state index contributed by atoms with van der Waals surface area (Å²) >= 11 is 0. The number of imidazole rings is 1. The summed E-state index contributed by atoms with van der Waals surface area (Å²) in [6.45, 7) is 0.966. The molecule has 0 saturated heterocycles. The second-order valence-electron chi connectivity index (χ2n) is 7.42. The van der Waals surface area contributed by atoms with Crippen LogP contribution in [0.1, 0.15) is 46.3 Å². The summed E-state index contributed by atoms with van der Waals surface area (Å²) in [6.07, 6.45) is 7.39. The van der Waals surface area contributed by atoms with Crippen LogP contribution in [0.5, 0.6) is 0 Å². The van der Waals surface area contributed by atoms with Gasteiger partial charge in [0, 0.05) is 31.4 Å². The van der Waals surface area contributed by atoms with Crippen LogP contribution in [-0.4, -0.2) is 42.5 Å². The van der Waals surface area contributed by atoms with Gasteiger partial charge < -0.3 is 14.0 Å². The molecule has 4 aromatic heterocycles. The summed E-state index contributed by atoms with van der Waals surface area (Å²) in [7, 11) is 1.75. The van der Waals surface area contributed by atoms with Gasteiger partial charge in [-0.25, -0.2) is 9.97 Å². The standard InChI is InChI=1S/C21H20N6O2/c1-26(11-17-9-19(29-25-17)14-5-6-14)21(28)15-8-18-20(23-10-15)27(13-24-18)12-16-4-2-3-7-22-16/h2-4,7-10,13-14H,5-6,11-12H2,1H3. The van der Waals surface area contributed by atoms with E-state index in [0.29, 0.717) is 30.1 Å². The molecule has 1 aliphatic rings. The number of carbonyl (C=O) groups excluding carboxylic acids is 1. The van der Waals surface area contributed by atoms with Gasteiger partial charge in [0.05, 0.1) is 30.7 Å². The predicted molar refractivity (Wildman–Crippen MR) is 105 cm³/mol. The molecule has 1 amide bonds. The molecule has 1 aliphatic carbocycles. The van der Waals surface area contributed by atoms with Gasteiger partial charge in [0.2, 0.25) is 0 Å². The Kier molecular flexibility index (Phi) is 4.31. The summed E-state index contributed by atoms with van der Waals surface area (Å²) in [5.74, 6) is 1.29. The lowest BCUT2D eigenvalue weighted by Gasteiger charge is -2.15. The second-order valence-corrected chi connectivity index (χ2v) is 7.42. The van der Waals surface area contributed by atoms with Gasteiger partial charge in [0.1, 0.15) is 17.0 Å². The van der Waals surface area contributed by atoms with Crippen molar-refractivity contribution in [2.24, 2.45) is 0 Å². The van der Waals surface area contributed by atoms with Crippen LogP contribution in [0.4, 0.5) is 0 Å². The van der Waals surface area contributed by atoms with E-state index in [0.717, 1.165) is 35.6 Å². The largest absolute Gasteiger partial charge is 0.361 e. The van der Waals surface area contributed by atoms with Crippen LogP contribution in [-0.2, 0) is 13.1 Å². The summed E-state index contributed by atoms with van der Waals surface area (Å²) in [5, 5.41) is 4.08. The van der Waals surface area contributed by atoms with E-state index in [1.807, 2.05) is 28.8 Å². The zero-order chi connectivity index (χ0) is 19.8. The predicted octanol–water partition coefficient (Wildman–Crippen LogP) is 3.01. The Morgan fingerprint density at radius 3 is 2.90 bits per heavy atom. The molecule has 0 atom stereocenters.